The molecule has 0 aromatic heterocycles. The highest BCUT2D eigenvalue weighted by Crippen LogP contribution is 2.30. The number of amides is 1. The van der Waals surface area contributed by atoms with E-state index in [4.69, 9.17) is 11.6 Å². The molecule has 0 aliphatic carbocycles. The SMILES string of the molecule is Cc1cccc(CNC(=O)CN(c2cccc(Cl)c2C)S(=O)(=O)c2ccccc2)c1. The number of carbonyl (C=O) groups is 1. The van der Waals surface area contributed by atoms with Crippen LogP contribution in [0.4, 0.5) is 5.69 Å². The first-order valence-electron chi connectivity index (χ1n) is 9.44. The van der Waals surface area contributed by atoms with Crippen LogP contribution >= 0.6 is 11.6 Å². The molecule has 1 amide bonds. The molecule has 0 aliphatic heterocycles. The van der Waals surface area contributed by atoms with Gasteiger partial charge >= 0.3 is 0 Å². The van der Waals surface area contributed by atoms with E-state index in [0.29, 0.717) is 22.8 Å². The number of halogens is 1. The molecule has 0 spiro atoms. The van der Waals surface area contributed by atoms with E-state index in [0.717, 1.165) is 15.4 Å². The van der Waals surface area contributed by atoms with Gasteiger partial charge < -0.3 is 5.32 Å². The molecule has 5 nitrogen and oxygen atoms in total. The Bertz CT molecular complexity index is 1150. The van der Waals surface area contributed by atoms with E-state index in [1.54, 1.807) is 43.3 Å². The summed E-state index contributed by atoms with van der Waals surface area (Å²) in [4.78, 5) is 12.8. The van der Waals surface area contributed by atoms with E-state index in [2.05, 4.69) is 5.32 Å². The Kier molecular flexibility index (Phi) is 6.80. The van der Waals surface area contributed by atoms with Crippen molar-refractivity contribution in [2.75, 3.05) is 10.8 Å². The topological polar surface area (TPSA) is 66.5 Å². The molecule has 3 rings (SSSR count). The van der Waals surface area contributed by atoms with Crippen LogP contribution in [0.5, 0.6) is 0 Å². The molecule has 0 atom stereocenters. The number of nitrogens with zero attached hydrogens (tertiary/aromatic N) is 1. The molecule has 0 bridgehead atoms. The maximum Gasteiger partial charge on any atom is 0.264 e. The Balaban J connectivity index is 1.90. The first-order valence-corrected chi connectivity index (χ1v) is 11.3. The minimum Gasteiger partial charge on any atom is -0.350 e. The first-order chi connectivity index (χ1) is 14.3. The molecule has 156 valence electrons. The molecule has 0 heterocycles. The number of aryl methyl sites for hydroxylation is 1. The summed E-state index contributed by atoms with van der Waals surface area (Å²) < 4.78 is 27.8. The number of sulfonamides is 1. The third-order valence-electron chi connectivity index (χ3n) is 4.70. The van der Waals surface area contributed by atoms with Gasteiger partial charge in [0.1, 0.15) is 6.54 Å². The fraction of sp³-hybridized carbons (Fsp3) is 0.174. The van der Waals surface area contributed by atoms with Gasteiger partial charge in [-0.15, -0.1) is 0 Å². The van der Waals surface area contributed by atoms with Crippen LogP contribution in [0.2, 0.25) is 5.02 Å². The third-order valence-corrected chi connectivity index (χ3v) is 6.88. The minimum absolute atomic E-state index is 0.107. The molecule has 0 aliphatic rings. The lowest BCUT2D eigenvalue weighted by Gasteiger charge is -2.26. The van der Waals surface area contributed by atoms with E-state index < -0.39 is 15.9 Å². The summed E-state index contributed by atoms with van der Waals surface area (Å²) in [6.07, 6.45) is 0. The zero-order chi connectivity index (χ0) is 21.7. The van der Waals surface area contributed by atoms with Gasteiger partial charge in [0.2, 0.25) is 5.91 Å². The first kappa shape index (κ1) is 21.9. The molecule has 0 saturated heterocycles. The van der Waals surface area contributed by atoms with Crippen molar-refractivity contribution in [1.29, 1.82) is 0 Å². The fourth-order valence-electron chi connectivity index (χ4n) is 3.09. The molecule has 0 saturated carbocycles. The molecule has 7 heteroatoms. The second-order valence-corrected chi connectivity index (χ2v) is 9.24. The summed E-state index contributed by atoms with van der Waals surface area (Å²) in [5.41, 5.74) is 2.99. The van der Waals surface area contributed by atoms with Crippen molar-refractivity contribution in [3.05, 3.63) is 94.5 Å². The minimum atomic E-state index is -3.96. The largest absolute Gasteiger partial charge is 0.350 e. The molecule has 3 aromatic carbocycles. The van der Waals surface area contributed by atoms with Gasteiger partial charge in [-0.05, 0) is 49.2 Å². The van der Waals surface area contributed by atoms with Crippen LogP contribution in [0.25, 0.3) is 0 Å². The highest BCUT2D eigenvalue weighted by atomic mass is 35.5. The molecule has 0 radical (unpaired) electrons. The van der Waals surface area contributed by atoms with Gasteiger partial charge in [-0.1, -0.05) is 65.7 Å². The highest BCUT2D eigenvalue weighted by Gasteiger charge is 2.28. The predicted octanol–water partition coefficient (Wildman–Crippen LogP) is 4.47. The third kappa shape index (κ3) is 5.01. The fourth-order valence-corrected chi connectivity index (χ4v) is 4.76. The summed E-state index contributed by atoms with van der Waals surface area (Å²) >= 11 is 6.22. The molecular weight excluding hydrogens is 420 g/mol. The molecule has 1 N–H and O–H groups in total. The average molecular weight is 443 g/mol. The smallest absolute Gasteiger partial charge is 0.264 e. The lowest BCUT2D eigenvalue weighted by molar-refractivity contribution is -0.119. The monoisotopic (exact) mass is 442 g/mol. The van der Waals surface area contributed by atoms with Gasteiger partial charge in [0.15, 0.2) is 0 Å². The molecule has 30 heavy (non-hydrogen) atoms. The van der Waals surface area contributed by atoms with Crippen molar-refractivity contribution >= 4 is 33.2 Å². The van der Waals surface area contributed by atoms with Crippen LogP contribution in [-0.4, -0.2) is 20.9 Å². The maximum atomic E-state index is 13.4. The Morgan fingerprint density at radius 2 is 1.67 bits per heavy atom. The summed E-state index contributed by atoms with van der Waals surface area (Å²) in [6, 6.07) is 20.8. The van der Waals surface area contributed by atoms with Crippen LogP contribution in [0, 0.1) is 13.8 Å². The molecule has 0 unspecified atom stereocenters. The molecule has 0 fully saturated rings. The summed E-state index contributed by atoms with van der Waals surface area (Å²) in [5, 5.41) is 3.24. The average Bonchev–Trinajstić information content (AvgIpc) is 2.73. The standard InChI is InChI=1S/C23H23ClN2O3S/c1-17-8-6-9-19(14-17)15-25-23(27)16-26(22-13-7-12-21(24)18(22)2)30(28,29)20-10-4-3-5-11-20/h3-14H,15-16H2,1-2H3,(H,25,27). The van der Waals surface area contributed by atoms with E-state index in [9.17, 15) is 13.2 Å². The van der Waals surface area contributed by atoms with Crippen molar-refractivity contribution < 1.29 is 13.2 Å². The number of hydrogen-bond donors (Lipinski definition) is 1. The van der Waals surface area contributed by atoms with E-state index >= 15 is 0 Å². The lowest BCUT2D eigenvalue weighted by Crippen LogP contribution is -2.41. The van der Waals surface area contributed by atoms with Crippen LogP contribution in [0.15, 0.2) is 77.7 Å². The van der Waals surface area contributed by atoms with Crippen LogP contribution in [0.3, 0.4) is 0 Å². The van der Waals surface area contributed by atoms with Gasteiger partial charge in [0, 0.05) is 11.6 Å². The Labute approximate surface area is 182 Å². The van der Waals surface area contributed by atoms with Crippen LogP contribution in [-0.2, 0) is 21.4 Å². The van der Waals surface area contributed by atoms with Crippen molar-refractivity contribution in [2.45, 2.75) is 25.3 Å². The zero-order valence-electron chi connectivity index (χ0n) is 16.8. The van der Waals surface area contributed by atoms with Gasteiger partial charge in [0.05, 0.1) is 10.6 Å². The normalized spacial score (nSPS) is 11.2. The van der Waals surface area contributed by atoms with Crippen LogP contribution in [0.1, 0.15) is 16.7 Å². The lowest BCUT2D eigenvalue weighted by atomic mass is 10.1. The Hall–Kier alpha value is -2.83. The molecular formula is C23H23ClN2O3S. The number of anilines is 1. The Morgan fingerprint density at radius 1 is 0.967 bits per heavy atom. The second-order valence-electron chi connectivity index (χ2n) is 6.97. The van der Waals surface area contributed by atoms with Gasteiger partial charge in [-0.3, -0.25) is 9.10 Å². The van der Waals surface area contributed by atoms with Gasteiger partial charge in [-0.25, -0.2) is 8.42 Å². The number of benzene rings is 3. The number of rotatable bonds is 7. The van der Waals surface area contributed by atoms with E-state index in [-0.39, 0.29) is 11.4 Å². The van der Waals surface area contributed by atoms with E-state index in [1.165, 1.54) is 12.1 Å². The van der Waals surface area contributed by atoms with Crippen molar-refractivity contribution in [3.8, 4) is 0 Å². The summed E-state index contributed by atoms with van der Waals surface area (Å²) in [7, 11) is -3.96. The number of hydrogen-bond acceptors (Lipinski definition) is 3. The second kappa shape index (κ2) is 9.32. The zero-order valence-corrected chi connectivity index (χ0v) is 18.4. The highest BCUT2D eigenvalue weighted by molar-refractivity contribution is 7.92. The van der Waals surface area contributed by atoms with Gasteiger partial charge in [-0.2, -0.15) is 0 Å². The van der Waals surface area contributed by atoms with Crippen LogP contribution < -0.4 is 9.62 Å². The van der Waals surface area contributed by atoms with E-state index in [1.807, 2.05) is 31.2 Å². The van der Waals surface area contributed by atoms with Crippen molar-refractivity contribution in [3.63, 3.8) is 0 Å². The Morgan fingerprint density at radius 3 is 2.37 bits per heavy atom. The summed E-state index contributed by atoms with van der Waals surface area (Å²) in [5.74, 6) is -0.407. The number of carbonyl (C=O) groups excluding carboxylic acids is 1. The molecule has 3 aromatic rings. The van der Waals surface area contributed by atoms with Crippen molar-refractivity contribution in [2.24, 2.45) is 0 Å². The quantitative estimate of drug-likeness (QED) is 0.587. The van der Waals surface area contributed by atoms with Gasteiger partial charge in [0.25, 0.3) is 10.0 Å². The van der Waals surface area contributed by atoms with Crippen molar-refractivity contribution in [1.82, 2.24) is 5.32 Å². The summed E-state index contributed by atoms with van der Waals surface area (Å²) in [6.45, 7) is 3.66. The predicted molar refractivity (Wildman–Crippen MR) is 120 cm³/mol. The maximum absolute atomic E-state index is 13.4. The number of nitrogens with one attached hydrogen (secondary N) is 1.